The number of fused-ring (bicyclic) bond motifs is 2. The van der Waals surface area contributed by atoms with Crippen LogP contribution in [0.1, 0.15) is 46.6 Å². The second-order valence-electron chi connectivity index (χ2n) is 7.69. The summed E-state index contributed by atoms with van der Waals surface area (Å²) in [5.41, 5.74) is 3.06. The molecule has 0 radical (unpaired) electrons. The van der Waals surface area contributed by atoms with Crippen LogP contribution in [-0.4, -0.2) is 23.5 Å². The summed E-state index contributed by atoms with van der Waals surface area (Å²) >= 11 is 1.41. The first-order chi connectivity index (χ1) is 15.0. The van der Waals surface area contributed by atoms with E-state index in [9.17, 15) is 14.9 Å². The molecule has 0 saturated heterocycles. The number of aromatic nitrogens is 1. The quantitative estimate of drug-likeness (QED) is 0.333. The largest absolute Gasteiger partial charge is 0.462 e. The Labute approximate surface area is 184 Å². The molecule has 7 heteroatoms. The highest BCUT2D eigenvalue weighted by Crippen LogP contribution is 2.40. The first-order valence-corrected chi connectivity index (χ1v) is 11.1. The zero-order valence-electron chi connectivity index (χ0n) is 17.5. The van der Waals surface area contributed by atoms with Crippen LogP contribution in [0, 0.1) is 17.2 Å². The maximum atomic E-state index is 13.0. The van der Waals surface area contributed by atoms with Gasteiger partial charge in [0.2, 0.25) is 0 Å². The van der Waals surface area contributed by atoms with E-state index in [1.165, 1.54) is 11.3 Å². The van der Waals surface area contributed by atoms with Crippen LogP contribution < -0.4 is 5.32 Å². The molecule has 1 aromatic carbocycles. The topological polar surface area (TPSA) is 95.0 Å². The number of anilines is 1. The molecule has 0 spiro atoms. The van der Waals surface area contributed by atoms with Crippen molar-refractivity contribution in [3.05, 3.63) is 57.6 Å². The number of aromatic amines is 1. The van der Waals surface area contributed by atoms with E-state index in [4.69, 9.17) is 4.74 Å². The van der Waals surface area contributed by atoms with E-state index in [-0.39, 0.29) is 12.2 Å². The molecule has 0 saturated carbocycles. The number of nitrogens with one attached hydrogen (secondary N) is 2. The number of carbonyl (C=O) groups is 2. The molecular formula is C24H23N3O3S. The standard InChI is InChI=1S/C24H23N3O3S/c1-3-30-24(29)21-18-9-8-14(2)10-20(18)31-23(21)27-22(28)15(12-25)11-16-13-26-19-7-5-4-6-17(16)19/h4-7,11,13-14,26H,3,8-10H2,1-2H3,(H,27,28)/b15-11+. The average Bonchev–Trinajstić information content (AvgIpc) is 3.32. The molecule has 4 rings (SSSR count). The van der Waals surface area contributed by atoms with Crippen LogP contribution in [-0.2, 0) is 22.4 Å². The highest BCUT2D eigenvalue weighted by Gasteiger charge is 2.29. The fourth-order valence-corrected chi connectivity index (χ4v) is 5.34. The van der Waals surface area contributed by atoms with Gasteiger partial charge in [0.25, 0.3) is 5.91 Å². The smallest absolute Gasteiger partial charge is 0.341 e. The summed E-state index contributed by atoms with van der Waals surface area (Å²) in [5, 5.41) is 13.8. The Balaban J connectivity index is 1.67. The number of nitriles is 1. The molecule has 2 heterocycles. The van der Waals surface area contributed by atoms with Gasteiger partial charge < -0.3 is 15.0 Å². The molecule has 0 fully saturated rings. The van der Waals surface area contributed by atoms with Crippen molar-refractivity contribution in [2.75, 3.05) is 11.9 Å². The van der Waals surface area contributed by atoms with Crippen molar-refractivity contribution >= 4 is 45.2 Å². The van der Waals surface area contributed by atoms with Gasteiger partial charge in [-0.25, -0.2) is 4.79 Å². The van der Waals surface area contributed by atoms with Crippen LogP contribution >= 0.6 is 11.3 Å². The molecule has 0 bridgehead atoms. The lowest BCUT2D eigenvalue weighted by molar-refractivity contribution is -0.112. The molecule has 1 aliphatic carbocycles. The molecule has 0 aliphatic heterocycles. The van der Waals surface area contributed by atoms with Gasteiger partial charge in [-0.1, -0.05) is 25.1 Å². The van der Waals surface area contributed by atoms with Crippen molar-refractivity contribution in [2.24, 2.45) is 5.92 Å². The first kappa shape index (κ1) is 20.9. The van der Waals surface area contributed by atoms with Crippen molar-refractivity contribution in [3.63, 3.8) is 0 Å². The van der Waals surface area contributed by atoms with E-state index in [0.29, 0.717) is 16.5 Å². The van der Waals surface area contributed by atoms with Crippen LogP contribution in [0.4, 0.5) is 5.00 Å². The number of esters is 1. The van der Waals surface area contributed by atoms with E-state index in [1.807, 2.05) is 30.3 Å². The first-order valence-electron chi connectivity index (χ1n) is 10.3. The summed E-state index contributed by atoms with van der Waals surface area (Å²) in [5.74, 6) is -0.435. The van der Waals surface area contributed by atoms with Crippen molar-refractivity contribution in [2.45, 2.75) is 33.1 Å². The highest BCUT2D eigenvalue weighted by atomic mass is 32.1. The summed E-state index contributed by atoms with van der Waals surface area (Å²) in [7, 11) is 0. The molecule has 1 atom stereocenters. The molecule has 1 unspecified atom stereocenters. The molecule has 31 heavy (non-hydrogen) atoms. The van der Waals surface area contributed by atoms with Gasteiger partial charge in [-0.05, 0) is 49.8 Å². The lowest BCUT2D eigenvalue weighted by Gasteiger charge is -2.18. The molecule has 2 aromatic heterocycles. The summed E-state index contributed by atoms with van der Waals surface area (Å²) in [4.78, 5) is 29.9. The summed E-state index contributed by atoms with van der Waals surface area (Å²) in [6, 6.07) is 9.67. The van der Waals surface area contributed by atoms with Crippen LogP contribution in [0.25, 0.3) is 17.0 Å². The zero-order valence-corrected chi connectivity index (χ0v) is 18.3. The fourth-order valence-electron chi connectivity index (χ4n) is 3.95. The Bertz CT molecular complexity index is 1230. The highest BCUT2D eigenvalue weighted by molar-refractivity contribution is 7.17. The van der Waals surface area contributed by atoms with Gasteiger partial charge in [0.15, 0.2) is 0 Å². The number of nitrogens with zero attached hydrogens (tertiary/aromatic N) is 1. The van der Waals surface area contributed by atoms with E-state index in [0.717, 1.165) is 46.2 Å². The Hall–Kier alpha value is -3.37. The minimum Gasteiger partial charge on any atom is -0.462 e. The van der Waals surface area contributed by atoms with Gasteiger partial charge in [-0.3, -0.25) is 4.79 Å². The minimum atomic E-state index is -0.537. The van der Waals surface area contributed by atoms with Crippen LogP contribution in [0.5, 0.6) is 0 Å². The Morgan fingerprint density at radius 1 is 1.39 bits per heavy atom. The van der Waals surface area contributed by atoms with Crippen molar-refractivity contribution in [1.82, 2.24) is 4.98 Å². The predicted octanol–water partition coefficient (Wildman–Crippen LogP) is 5.08. The Morgan fingerprint density at radius 3 is 2.97 bits per heavy atom. The monoisotopic (exact) mass is 433 g/mol. The van der Waals surface area contributed by atoms with Crippen LogP contribution in [0.2, 0.25) is 0 Å². The van der Waals surface area contributed by atoms with Gasteiger partial charge in [0, 0.05) is 27.5 Å². The van der Waals surface area contributed by atoms with Gasteiger partial charge in [-0.15, -0.1) is 11.3 Å². The van der Waals surface area contributed by atoms with Crippen LogP contribution in [0.15, 0.2) is 36.0 Å². The Kier molecular flexibility index (Phi) is 5.92. The molecular weight excluding hydrogens is 410 g/mol. The maximum absolute atomic E-state index is 13.0. The van der Waals surface area contributed by atoms with Gasteiger partial charge >= 0.3 is 5.97 Å². The molecule has 2 N–H and O–H groups in total. The number of amides is 1. The summed E-state index contributed by atoms with van der Waals surface area (Å²) in [6.45, 7) is 4.20. The average molecular weight is 434 g/mol. The molecule has 1 amide bonds. The number of benzene rings is 1. The summed E-state index contributed by atoms with van der Waals surface area (Å²) < 4.78 is 5.25. The maximum Gasteiger partial charge on any atom is 0.341 e. The molecule has 6 nitrogen and oxygen atoms in total. The Morgan fingerprint density at radius 2 is 2.19 bits per heavy atom. The lowest BCUT2D eigenvalue weighted by Crippen LogP contribution is -2.17. The fraction of sp³-hybridized carbons (Fsp3) is 0.292. The van der Waals surface area contributed by atoms with Crippen LogP contribution in [0.3, 0.4) is 0 Å². The van der Waals surface area contributed by atoms with E-state index in [1.54, 1.807) is 19.2 Å². The number of hydrogen-bond donors (Lipinski definition) is 2. The number of ether oxygens (including phenoxy) is 1. The number of hydrogen-bond acceptors (Lipinski definition) is 5. The van der Waals surface area contributed by atoms with Gasteiger partial charge in [0.05, 0.1) is 12.2 Å². The number of para-hydroxylation sites is 1. The molecule has 1 aliphatic rings. The van der Waals surface area contributed by atoms with E-state index < -0.39 is 11.9 Å². The predicted molar refractivity (Wildman–Crippen MR) is 122 cm³/mol. The van der Waals surface area contributed by atoms with E-state index >= 15 is 0 Å². The number of carbonyl (C=O) groups excluding carboxylic acids is 2. The van der Waals surface area contributed by atoms with Gasteiger partial charge in [0.1, 0.15) is 16.6 Å². The third-order valence-corrected chi connectivity index (χ3v) is 6.67. The van der Waals surface area contributed by atoms with E-state index in [2.05, 4.69) is 17.2 Å². The third-order valence-electron chi connectivity index (χ3n) is 5.50. The molecule has 3 aromatic rings. The number of H-pyrrole nitrogens is 1. The van der Waals surface area contributed by atoms with Crippen molar-refractivity contribution < 1.29 is 14.3 Å². The third kappa shape index (κ3) is 4.12. The summed E-state index contributed by atoms with van der Waals surface area (Å²) in [6.07, 6.45) is 5.98. The number of rotatable bonds is 5. The van der Waals surface area contributed by atoms with Crippen molar-refractivity contribution in [3.8, 4) is 6.07 Å². The SMILES string of the molecule is CCOC(=O)c1c(NC(=O)/C(C#N)=C/c2c[nH]c3ccccc23)sc2c1CCC(C)C2. The second-order valence-corrected chi connectivity index (χ2v) is 8.80. The van der Waals surface area contributed by atoms with Gasteiger partial charge in [-0.2, -0.15) is 5.26 Å². The zero-order chi connectivity index (χ0) is 22.0. The second kappa shape index (κ2) is 8.78. The van der Waals surface area contributed by atoms with Crippen molar-refractivity contribution in [1.29, 1.82) is 5.26 Å². The normalized spacial score (nSPS) is 15.9. The minimum absolute atomic E-state index is 0.0284. The molecule has 158 valence electrons. The lowest BCUT2D eigenvalue weighted by atomic mass is 9.88. The number of thiophene rings is 1.